The van der Waals surface area contributed by atoms with Gasteiger partial charge in [-0.25, -0.2) is 4.79 Å². The molecular formula is C22H32N4O3. The summed E-state index contributed by atoms with van der Waals surface area (Å²) >= 11 is 0. The maximum atomic E-state index is 13.1. The number of amides is 3. The second kappa shape index (κ2) is 7.61. The van der Waals surface area contributed by atoms with Crippen LogP contribution in [0.1, 0.15) is 30.0 Å². The quantitative estimate of drug-likeness (QED) is 0.783. The maximum absolute atomic E-state index is 13.1. The zero-order valence-corrected chi connectivity index (χ0v) is 17.6. The highest BCUT2D eigenvalue weighted by Gasteiger charge is 2.53. The van der Waals surface area contributed by atoms with Crippen molar-refractivity contribution in [3.63, 3.8) is 0 Å². The Labute approximate surface area is 172 Å². The standard InChI is InChI=1S/C22H32N4O3/c1-15-6-4-5-7-17(15)19-18-14-25(20(27)22(29)8-10-23-11-9-22)12-16(18)13-26(19)21(28)24(2)3/h4-7,16,18-19,23,29H,8-14H2,1-3H3/t16-,18-,19+/m1/s1. The first-order chi connectivity index (χ1) is 13.8. The van der Waals surface area contributed by atoms with Crippen LogP contribution in [-0.2, 0) is 4.79 Å². The number of rotatable bonds is 2. The van der Waals surface area contributed by atoms with E-state index in [9.17, 15) is 14.7 Å². The first-order valence-corrected chi connectivity index (χ1v) is 10.6. The Morgan fingerprint density at radius 1 is 1.14 bits per heavy atom. The molecule has 3 aliphatic heterocycles. The van der Waals surface area contributed by atoms with Crippen LogP contribution in [0.5, 0.6) is 0 Å². The van der Waals surface area contributed by atoms with Crippen LogP contribution in [0.25, 0.3) is 0 Å². The van der Waals surface area contributed by atoms with Crippen molar-refractivity contribution in [1.82, 2.24) is 20.0 Å². The Morgan fingerprint density at radius 3 is 2.48 bits per heavy atom. The van der Waals surface area contributed by atoms with E-state index < -0.39 is 5.60 Å². The number of aliphatic hydroxyl groups is 1. The molecule has 0 aliphatic carbocycles. The number of aryl methyl sites for hydroxylation is 1. The van der Waals surface area contributed by atoms with E-state index in [4.69, 9.17) is 0 Å². The number of nitrogens with one attached hydrogen (secondary N) is 1. The summed E-state index contributed by atoms with van der Waals surface area (Å²) < 4.78 is 0. The monoisotopic (exact) mass is 400 g/mol. The summed E-state index contributed by atoms with van der Waals surface area (Å²) in [5.41, 5.74) is 1.07. The third-order valence-corrected chi connectivity index (χ3v) is 6.92. The van der Waals surface area contributed by atoms with Crippen molar-refractivity contribution in [2.45, 2.75) is 31.4 Å². The lowest BCUT2D eigenvalue weighted by Gasteiger charge is -2.36. The van der Waals surface area contributed by atoms with Gasteiger partial charge in [0.25, 0.3) is 5.91 Å². The lowest BCUT2D eigenvalue weighted by molar-refractivity contribution is -0.153. The summed E-state index contributed by atoms with van der Waals surface area (Å²) in [4.78, 5) is 31.5. The van der Waals surface area contributed by atoms with Crippen molar-refractivity contribution >= 4 is 11.9 Å². The van der Waals surface area contributed by atoms with Crippen LogP contribution in [-0.4, -0.2) is 84.2 Å². The van der Waals surface area contributed by atoms with E-state index in [2.05, 4.69) is 24.4 Å². The van der Waals surface area contributed by atoms with Crippen LogP contribution in [0.15, 0.2) is 24.3 Å². The van der Waals surface area contributed by atoms with Crippen molar-refractivity contribution in [3.05, 3.63) is 35.4 Å². The molecule has 158 valence electrons. The molecule has 0 bridgehead atoms. The normalized spacial score (nSPS) is 28.3. The van der Waals surface area contributed by atoms with Crippen LogP contribution in [0.3, 0.4) is 0 Å². The molecule has 0 radical (unpaired) electrons. The number of carbonyl (C=O) groups excluding carboxylic acids is 2. The van der Waals surface area contributed by atoms with Crippen LogP contribution in [0.2, 0.25) is 0 Å². The van der Waals surface area contributed by atoms with Crippen LogP contribution in [0, 0.1) is 18.8 Å². The van der Waals surface area contributed by atoms with Crippen molar-refractivity contribution in [3.8, 4) is 0 Å². The number of nitrogens with zero attached hydrogens (tertiary/aromatic N) is 3. The second-order valence-electron chi connectivity index (χ2n) is 9.05. The van der Waals surface area contributed by atoms with Crippen molar-refractivity contribution in [2.24, 2.45) is 11.8 Å². The zero-order chi connectivity index (χ0) is 20.8. The number of benzene rings is 1. The Hall–Kier alpha value is -2.12. The molecule has 2 N–H and O–H groups in total. The van der Waals surface area contributed by atoms with E-state index in [1.165, 1.54) is 0 Å². The van der Waals surface area contributed by atoms with E-state index in [0.29, 0.717) is 45.6 Å². The van der Waals surface area contributed by atoms with Gasteiger partial charge in [0.15, 0.2) is 0 Å². The first kappa shape index (κ1) is 20.2. The fourth-order valence-corrected chi connectivity index (χ4v) is 5.33. The second-order valence-corrected chi connectivity index (χ2v) is 9.05. The van der Waals surface area contributed by atoms with Crippen molar-refractivity contribution in [1.29, 1.82) is 0 Å². The van der Waals surface area contributed by atoms with Gasteiger partial charge in [0.1, 0.15) is 5.60 Å². The van der Waals surface area contributed by atoms with Crippen molar-refractivity contribution in [2.75, 3.05) is 46.8 Å². The highest BCUT2D eigenvalue weighted by Crippen LogP contribution is 2.46. The lowest BCUT2D eigenvalue weighted by Crippen LogP contribution is -2.54. The van der Waals surface area contributed by atoms with E-state index in [1.54, 1.807) is 19.0 Å². The molecule has 3 fully saturated rings. The minimum atomic E-state index is -1.25. The molecule has 3 aliphatic rings. The third kappa shape index (κ3) is 3.51. The fraction of sp³-hybridized carbons (Fsp3) is 0.636. The topological polar surface area (TPSA) is 76.1 Å². The van der Waals surface area contributed by atoms with E-state index in [1.807, 2.05) is 21.9 Å². The number of carbonyl (C=O) groups is 2. The van der Waals surface area contributed by atoms with E-state index in [-0.39, 0.29) is 29.8 Å². The largest absolute Gasteiger partial charge is 0.380 e. The molecule has 0 unspecified atom stereocenters. The summed E-state index contributed by atoms with van der Waals surface area (Å²) in [5, 5.41) is 14.1. The number of hydrogen-bond donors (Lipinski definition) is 2. The van der Waals surface area contributed by atoms with Crippen molar-refractivity contribution < 1.29 is 14.7 Å². The minimum Gasteiger partial charge on any atom is -0.380 e. The van der Waals surface area contributed by atoms with Crippen LogP contribution < -0.4 is 5.32 Å². The van der Waals surface area contributed by atoms with Gasteiger partial charge >= 0.3 is 6.03 Å². The Balaban J connectivity index is 1.60. The van der Waals surface area contributed by atoms with Gasteiger partial charge in [-0.15, -0.1) is 0 Å². The highest BCUT2D eigenvalue weighted by atomic mass is 16.3. The summed E-state index contributed by atoms with van der Waals surface area (Å²) in [6, 6.07) is 8.18. The predicted octanol–water partition coefficient (Wildman–Crippen LogP) is 1.22. The predicted molar refractivity (Wildman–Crippen MR) is 110 cm³/mol. The summed E-state index contributed by atoms with van der Waals surface area (Å²) in [5.74, 6) is 0.287. The summed E-state index contributed by atoms with van der Waals surface area (Å²) in [6.45, 7) is 5.26. The number of hydrogen-bond acceptors (Lipinski definition) is 4. The Bertz CT molecular complexity index is 790. The fourth-order valence-electron chi connectivity index (χ4n) is 5.33. The average molecular weight is 401 g/mol. The molecule has 1 aromatic carbocycles. The molecular weight excluding hydrogens is 368 g/mol. The highest BCUT2D eigenvalue weighted by molar-refractivity contribution is 5.85. The molecule has 3 saturated heterocycles. The third-order valence-electron chi connectivity index (χ3n) is 6.92. The Kier molecular flexibility index (Phi) is 5.29. The zero-order valence-electron chi connectivity index (χ0n) is 17.6. The van der Waals surface area contributed by atoms with Gasteiger partial charge in [-0.1, -0.05) is 24.3 Å². The van der Waals surface area contributed by atoms with E-state index in [0.717, 1.165) is 11.1 Å². The molecule has 3 heterocycles. The molecule has 7 heteroatoms. The van der Waals surface area contributed by atoms with Crippen LogP contribution in [0.4, 0.5) is 4.79 Å². The molecule has 1 aromatic rings. The van der Waals surface area contributed by atoms with Gasteiger partial charge in [-0.3, -0.25) is 4.79 Å². The van der Waals surface area contributed by atoms with E-state index >= 15 is 0 Å². The smallest absolute Gasteiger partial charge is 0.320 e. The molecule has 0 saturated carbocycles. The number of likely N-dealkylation sites (tertiary alicyclic amines) is 2. The van der Waals surface area contributed by atoms with Crippen LogP contribution >= 0.6 is 0 Å². The molecule has 7 nitrogen and oxygen atoms in total. The van der Waals surface area contributed by atoms with Gasteiger partial charge in [-0.05, 0) is 44.0 Å². The minimum absolute atomic E-state index is 0.0162. The molecule has 3 amide bonds. The maximum Gasteiger partial charge on any atom is 0.320 e. The summed E-state index contributed by atoms with van der Waals surface area (Å²) in [6.07, 6.45) is 0.925. The summed E-state index contributed by atoms with van der Waals surface area (Å²) in [7, 11) is 3.57. The molecule has 0 spiro atoms. The lowest BCUT2D eigenvalue weighted by atomic mass is 9.87. The van der Waals surface area contributed by atoms with Gasteiger partial charge in [0.05, 0.1) is 6.04 Å². The molecule has 3 atom stereocenters. The average Bonchev–Trinajstić information content (AvgIpc) is 3.26. The molecule has 0 aromatic heterocycles. The van der Waals surface area contributed by atoms with Gasteiger partial charge in [-0.2, -0.15) is 0 Å². The number of urea groups is 1. The molecule has 4 rings (SSSR count). The first-order valence-electron chi connectivity index (χ1n) is 10.6. The number of fused-ring (bicyclic) bond motifs is 1. The SMILES string of the molecule is Cc1ccccc1[C@H]1[C@@H]2CN(C(=O)C3(O)CCNCC3)C[C@@H]2CN1C(=O)N(C)C. The molecule has 29 heavy (non-hydrogen) atoms. The van der Waals surface area contributed by atoms with Gasteiger partial charge in [0, 0.05) is 45.6 Å². The Morgan fingerprint density at radius 2 is 1.83 bits per heavy atom. The van der Waals surface area contributed by atoms with Gasteiger partial charge < -0.3 is 25.1 Å². The van der Waals surface area contributed by atoms with Gasteiger partial charge in [0.2, 0.25) is 0 Å². The number of piperidine rings is 1.